The van der Waals surface area contributed by atoms with Crippen LogP contribution in [0, 0.1) is 0 Å². The van der Waals surface area contributed by atoms with Crippen LogP contribution in [0.3, 0.4) is 0 Å². The molecule has 0 aliphatic heterocycles. The fourth-order valence-corrected chi connectivity index (χ4v) is 2.10. The smallest absolute Gasteiger partial charge is 0.224 e. The van der Waals surface area contributed by atoms with Crippen molar-refractivity contribution in [1.82, 2.24) is 15.0 Å². The van der Waals surface area contributed by atoms with Gasteiger partial charge in [-0.25, -0.2) is 9.97 Å². The predicted octanol–water partition coefficient (Wildman–Crippen LogP) is 3.09. The fraction of sp³-hybridized carbons (Fsp3) is 0. The van der Waals surface area contributed by atoms with Crippen molar-refractivity contribution in [1.29, 1.82) is 0 Å². The largest absolute Gasteiger partial charge is 0.261 e. The Morgan fingerprint density at radius 3 is 2.69 bits per heavy atom. The molecule has 2 aromatic rings. The van der Waals surface area contributed by atoms with Crippen LogP contribution in [0.2, 0.25) is 10.4 Å². The highest BCUT2D eigenvalue weighted by molar-refractivity contribution is 9.10. The molecule has 0 atom stereocenters. The lowest BCUT2D eigenvalue weighted by atomic mass is 10.3. The maximum Gasteiger partial charge on any atom is 0.224 e. The first-order chi connectivity index (χ1) is 6.18. The van der Waals surface area contributed by atoms with E-state index < -0.39 is 0 Å². The maximum absolute atomic E-state index is 5.87. The molecule has 0 radical (unpaired) electrons. The van der Waals surface area contributed by atoms with E-state index in [1.54, 1.807) is 12.4 Å². The van der Waals surface area contributed by atoms with Crippen LogP contribution < -0.4 is 0 Å². The van der Waals surface area contributed by atoms with Gasteiger partial charge in [0.15, 0.2) is 0 Å². The topological polar surface area (TPSA) is 38.7 Å². The molecule has 0 saturated carbocycles. The standard InChI is InChI=1S/C7H2BrCl2N3/c8-3-1-11-2-4-5(3)6(9)13-7(10)12-4/h1-2H. The van der Waals surface area contributed by atoms with Crippen LogP contribution in [0.4, 0.5) is 0 Å². The number of pyridine rings is 1. The molecule has 2 rings (SSSR count). The van der Waals surface area contributed by atoms with Crippen LogP contribution in [-0.4, -0.2) is 15.0 Å². The summed E-state index contributed by atoms with van der Waals surface area (Å²) in [6.45, 7) is 0. The molecule has 0 spiro atoms. The van der Waals surface area contributed by atoms with Gasteiger partial charge in [0.2, 0.25) is 5.28 Å². The number of hydrogen-bond donors (Lipinski definition) is 0. The van der Waals surface area contributed by atoms with Crippen molar-refractivity contribution < 1.29 is 0 Å². The van der Waals surface area contributed by atoms with Crippen LogP contribution in [-0.2, 0) is 0 Å². The number of rotatable bonds is 0. The third-order valence-electron chi connectivity index (χ3n) is 1.49. The van der Waals surface area contributed by atoms with Crippen LogP contribution >= 0.6 is 39.1 Å². The Labute approximate surface area is 92.2 Å². The van der Waals surface area contributed by atoms with Gasteiger partial charge in [0.25, 0.3) is 0 Å². The lowest BCUT2D eigenvalue weighted by molar-refractivity contribution is 1.20. The number of halogens is 3. The Morgan fingerprint density at radius 2 is 1.92 bits per heavy atom. The zero-order chi connectivity index (χ0) is 9.42. The highest BCUT2D eigenvalue weighted by atomic mass is 79.9. The van der Waals surface area contributed by atoms with Gasteiger partial charge >= 0.3 is 0 Å². The lowest BCUT2D eigenvalue weighted by Gasteiger charge is -2.00. The molecule has 0 unspecified atom stereocenters. The molecule has 0 amide bonds. The maximum atomic E-state index is 5.87. The third kappa shape index (κ3) is 1.61. The monoisotopic (exact) mass is 277 g/mol. The summed E-state index contributed by atoms with van der Waals surface area (Å²) in [6, 6.07) is 0. The quantitative estimate of drug-likeness (QED) is 0.549. The number of nitrogens with zero attached hydrogens (tertiary/aromatic N) is 3. The average Bonchev–Trinajstić information content (AvgIpc) is 2.02. The van der Waals surface area contributed by atoms with Crippen molar-refractivity contribution in [2.45, 2.75) is 0 Å². The highest BCUT2D eigenvalue weighted by Gasteiger charge is 2.07. The first-order valence-electron chi connectivity index (χ1n) is 3.31. The van der Waals surface area contributed by atoms with Gasteiger partial charge < -0.3 is 0 Å². The van der Waals surface area contributed by atoms with Crippen molar-refractivity contribution in [2.24, 2.45) is 0 Å². The van der Waals surface area contributed by atoms with Crippen LogP contribution in [0.25, 0.3) is 10.9 Å². The molecule has 6 heteroatoms. The van der Waals surface area contributed by atoms with E-state index >= 15 is 0 Å². The van der Waals surface area contributed by atoms with Gasteiger partial charge in [-0.3, -0.25) is 4.98 Å². The summed E-state index contributed by atoms with van der Waals surface area (Å²) in [6.07, 6.45) is 3.21. The Morgan fingerprint density at radius 1 is 1.15 bits per heavy atom. The van der Waals surface area contributed by atoms with Crippen molar-refractivity contribution in [3.05, 3.63) is 27.3 Å². The summed E-state index contributed by atoms with van der Waals surface area (Å²) in [5, 5.41) is 1.17. The second kappa shape index (κ2) is 3.36. The van der Waals surface area contributed by atoms with Gasteiger partial charge in [0.1, 0.15) is 5.15 Å². The van der Waals surface area contributed by atoms with E-state index in [0.29, 0.717) is 10.7 Å². The Kier molecular flexibility index (Phi) is 2.36. The van der Waals surface area contributed by atoms with Crippen molar-refractivity contribution in [3.63, 3.8) is 0 Å². The molecular formula is C7H2BrCl2N3. The Balaban J connectivity index is 2.94. The molecule has 0 aromatic carbocycles. The molecule has 2 aromatic heterocycles. The van der Waals surface area contributed by atoms with Crippen LogP contribution in [0.5, 0.6) is 0 Å². The summed E-state index contributed by atoms with van der Waals surface area (Å²) in [7, 11) is 0. The zero-order valence-corrected chi connectivity index (χ0v) is 9.23. The van der Waals surface area contributed by atoms with E-state index in [4.69, 9.17) is 23.2 Å². The molecule has 0 bridgehead atoms. The molecule has 0 N–H and O–H groups in total. The van der Waals surface area contributed by atoms with Gasteiger partial charge in [-0.1, -0.05) is 11.6 Å². The first kappa shape index (κ1) is 9.12. The molecule has 0 fully saturated rings. The molecule has 0 aliphatic carbocycles. The number of aromatic nitrogens is 3. The number of hydrogen-bond acceptors (Lipinski definition) is 3. The summed E-state index contributed by atoms with van der Waals surface area (Å²) in [4.78, 5) is 11.7. The Bertz CT molecular complexity index is 474. The molecule has 3 nitrogen and oxygen atoms in total. The third-order valence-corrected chi connectivity index (χ3v) is 2.53. The normalized spacial score (nSPS) is 10.7. The van der Waals surface area contributed by atoms with Gasteiger partial charge in [0, 0.05) is 10.7 Å². The summed E-state index contributed by atoms with van der Waals surface area (Å²) >= 11 is 14.8. The molecule has 0 aliphatic rings. The van der Waals surface area contributed by atoms with Gasteiger partial charge in [0.05, 0.1) is 17.1 Å². The SMILES string of the molecule is Clc1nc(Cl)c2c(Br)cncc2n1. The fourth-order valence-electron chi connectivity index (χ4n) is 0.975. The lowest BCUT2D eigenvalue weighted by Crippen LogP contribution is -1.88. The highest BCUT2D eigenvalue weighted by Crippen LogP contribution is 2.27. The minimum absolute atomic E-state index is 0.123. The molecule has 2 heterocycles. The van der Waals surface area contributed by atoms with Gasteiger partial charge in [-0.15, -0.1) is 0 Å². The van der Waals surface area contributed by atoms with Gasteiger partial charge in [-0.2, -0.15) is 0 Å². The second-order valence-corrected chi connectivity index (χ2v) is 3.85. The van der Waals surface area contributed by atoms with Gasteiger partial charge in [-0.05, 0) is 27.5 Å². The van der Waals surface area contributed by atoms with Crippen molar-refractivity contribution >= 4 is 50.0 Å². The first-order valence-corrected chi connectivity index (χ1v) is 4.85. The van der Waals surface area contributed by atoms with E-state index in [-0.39, 0.29) is 5.28 Å². The van der Waals surface area contributed by atoms with E-state index in [9.17, 15) is 0 Å². The number of fused-ring (bicyclic) bond motifs is 1. The van der Waals surface area contributed by atoms with Crippen molar-refractivity contribution in [3.8, 4) is 0 Å². The van der Waals surface area contributed by atoms with Crippen molar-refractivity contribution in [2.75, 3.05) is 0 Å². The van der Waals surface area contributed by atoms with E-state index in [1.165, 1.54) is 0 Å². The summed E-state index contributed by atoms with van der Waals surface area (Å²) < 4.78 is 0.756. The van der Waals surface area contributed by atoms with E-state index in [1.807, 2.05) is 0 Å². The predicted molar refractivity (Wildman–Crippen MR) is 55.1 cm³/mol. The average molecular weight is 279 g/mol. The summed E-state index contributed by atoms with van der Waals surface area (Å²) in [5.41, 5.74) is 0.624. The minimum atomic E-state index is 0.123. The zero-order valence-electron chi connectivity index (χ0n) is 6.13. The van der Waals surface area contributed by atoms with E-state index in [2.05, 4.69) is 30.9 Å². The molecule has 13 heavy (non-hydrogen) atoms. The molecule has 0 saturated heterocycles. The Hall–Kier alpha value is -0.450. The minimum Gasteiger partial charge on any atom is -0.261 e. The van der Waals surface area contributed by atoms with Crippen LogP contribution in [0.15, 0.2) is 16.9 Å². The summed E-state index contributed by atoms with van der Waals surface area (Å²) in [5.74, 6) is 0. The van der Waals surface area contributed by atoms with E-state index in [0.717, 1.165) is 9.86 Å². The molecule has 66 valence electrons. The second-order valence-electron chi connectivity index (χ2n) is 2.30. The van der Waals surface area contributed by atoms with Crippen LogP contribution in [0.1, 0.15) is 0 Å². The molecular weight excluding hydrogens is 277 g/mol.